The molecule has 0 saturated carbocycles. The van der Waals surface area contributed by atoms with Crippen molar-refractivity contribution in [3.05, 3.63) is 18.6 Å². The van der Waals surface area contributed by atoms with Crippen LogP contribution in [0.4, 0.5) is 0 Å². The topological polar surface area (TPSA) is 43.1 Å². The van der Waals surface area contributed by atoms with Crippen LogP contribution in [0.2, 0.25) is 0 Å². The molecule has 0 amide bonds. The minimum atomic E-state index is 0.650. The van der Waals surface area contributed by atoms with Gasteiger partial charge in [-0.05, 0) is 12.3 Å². The van der Waals surface area contributed by atoms with Crippen LogP contribution in [0, 0.1) is 0 Å². The summed E-state index contributed by atoms with van der Waals surface area (Å²) in [7, 11) is 0. The molecule has 2 rings (SSSR count). The van der Waals surface area contributed by atoms with Crippen molar-refractivity contribution >= 4 is 17.5 Å². The predicted molar refractivity (Wildman–Crippen MR) is 42.6 cm³/mol. The molecule has 0 radical (unpaired) electrons. The summed E-state index contributed by atoms with van der Waals surface area (Å²) in [5, 5.41) is 4.89. The van der Waals surface area contributed by atoms with E-state index >= 15 is 0 Å². The molecule has 2 aromatic heterocycles. The van der Waals surface area contributed by atoms with Crippen molar-refractivity contribution in [3.63, 3.8) is 0 Å². The lowest BCUT2D eigenvalue weighted by molar-refractivity contribution is 0.914. The van der Waals surface area contributed by atoms with Gasteiger partial charge in [0.15, 0.2) is 0 Å². The minimum absolute atomic E-state index is 0.650. The Labute approximate surface area is 67.7 Å². The maximum atomic E-state index is 4.21. The molecule has 0 atom stereocenters. The highest BCUT2D eigenvalue weighted by Crippen LogP contribution is 2.09. The third-order valence-electron chi connectivity index (χ3n) is 1.33. The zero-order chi connectivity index (χ0) is 7.68. The molecular formula is C6H6N4S. The molecule has 0 saturated heterocycles. The van der Waals surface area contributed by atoms with Crippen molar-refractivity contribution < 1.29 is 0 Å². The van der Waals surface area contributed by atoms with Gasteiger partial charge >= 0.3 is 0 Å². The zero-order valence-electron chi connectivity index (χ0n) is 5.93. The highest BCUT2D eigenvalue weighted by molar-refractivity contribution is 7.98. The highest BCUT2D eigenvalue weighted by Gasteiger charge is 1.96. The molecular weight excluding hydrogens is 160 g/mol. The Kier molecular flexibility index (Phi) is 1.50. The van der Waals surface area contributed by atoms with Crippen molar-refractivity contribution in [1.29, 1.82) is 0 Å². The van der Waals surface area contributed by atoms with E-state index in [-0.39, 0.29) is 0 Å². The molecule has 0 unspecified atom stereocenters. The van der Waals surface area contributed by atoms with Crippen LogP contribution in [0.15, 0.2) is 23.6 Å². The molecule has 0 fully saturated rings. The summed E-state index contributed by atoms with van der Waals surface area (Å²) in [6.07, 6.45) is 5.32. The van der Waals surface area contributed by atoms with Crippen molar-refractivity contribution in [2.45, 2.75) is 5.03 Å². The number of nitrogens with zero attached hydrogens (tertiary/aromatic N) is 4. The van der Waals surface area contributed by atoms with Gasteiger partial charge in [0.05, 0.1) is 0 Å². The first kappa shape index (κ1) is 6.60. The van der Waals surface area contributed by atoms with Crippen molar-refractivity contribution in [1.82, 2.24) is 19.6 Å². The average molecular weight is 166 g/mol. The normalized spacial score (nSPS) is 10.6. The third kappa shape index (κ3) is 1.07. The van der Waals surface area contributed by atoms with E-state index in [1.165, 1.54) is 6.33 Å². The van der Waals surface area contributed by atoms with E-state index in [0.29, 0.717) is 5.78 Å². The number of thioether (sulfide) groups is 1. The van der Waals surface area contributed by atoms with Gasteiger partial charge in [0.1, 0.15) is 11.4 Å². The smallest absolute Gasteiger partial charge is 0.205 e. The molecule has 4 nitrogen and oxygen atoms in total. The summed E-state index contributed by atoms with van der Waals surface area (Å²) >= 11 is 1.59. The van der Waals surface area contributed by atoms with Crippen molar-refractivity contribution in [2.24, 2.45) is 0 Å². The second-order valence-electron chi connectivity index (χ2n) is 1.97. The number of aromatic nitrogens is 4. The molecule has 5 heteroatoms. The monoisotopic (exact) mass is 166 g/mol. The largest absolute Gasteiger partial charge is 0.253 e. The standard InChI is InChI=1S/C6H6N4S/c1-11-5-2-3-10-6(9-5)7-4-8-10/h2-4H,1H3. The quantitative estimate of drug-likeness (QED) is 0.465. The fraction of sp³-hybridized carbons (Fsp3) is 0.167. The van der Waals surface area contributed by atoms with Gasteiger partial charge in [0.25, 0.3) is 5.78 Å². The highest BCUT2D eigenvalue weighted by atomic mass is 32.2. The Balaban J connectivity index is 2.67. The van der Waals surface area contributed by atoms with Crippen LogP contribution >= 0.6 is 11.8 Å². The van der Waals surface area contributed by atoms with E-state index in [9.17, 15) is 0 Å². The van der Waals surface area contributed by atoms with Crippen LogP contribution < -0.4 is 0 Å². The van der Waals surface area contributed by atoms with Gasteiger partial charge in [-0.3, -0.25) is 0 Å². The summed E-state index contributed by atoms with van der Waals surface area (Å²) < 4.78 is 1.64. The van der Waals surface area contributed by atoms with E-state index in [4.69, 9.17) is 0 Å². The van der Waals surface area contributed by atoms with E-state index in [1.54, 1.807) is 16.3 Å². The minimum Gasteiger partial charge on any atom is -0.205 e. The van der Waals surface area contributed by atoms with E-state index in [1.807, 2.05) is 18.5 Å². The maximum Gasteiger partial charge on any atom is 0.253 e. The van der Waals surface area contributed by atoms with Crippen LogP contribution in [0.1, 0.15) is 0 Å². The lowest BCUT2D eigenvalue weighted by atomic mass is 10.7. The lowest BCUT2D eigenvalue weighted by Crippen LogP contribution is -1.90. The van der Waals surface area contributed by atoms with Gasteiger partial charge in [-0.1, -0.05) is 0 Å². The van der Waals surface area contributed by atoms with E-state index in [0.717, 1.165) is 5.03 Å². The molecule has 0 aromatic carbocycles. The van der Waals surface area contributed by atoms with Gasteiger partial charge in [-0.2, -0.15) is 10.1 Å². The summed E-state index contributed by atoms with van der Waals surface area (Å²) in [6.45, 7) is 0. The first-order valence-electron chi connectivity index (χ1n) is 3.10. The molecule has 0 aliphatic rings. The zero-order valence-corrected chi connectivity index (χ0v) is 6.75. The molecule has 2 heterocycles. The number of hydrogen-bond acceptors (Lipinski definition) is 4. The Hall–Kier alpha value is -1.10. The SMILES string of the molecule is CSc1ccn2ncnc2n1. The molecule has 2 aromatic rings. The summed E-state index contributed by atoms with van der Waals surface area (Å²) in [6, 6.07) is 1.91. The van der Waals surface area contributed by atoms with Crippen LogP contribution in [-0.2, 0) is 0 Å². The van der Waals surface area contributed by atoms with Crippen molar-refractivity contribution in [3.8, 4) is 0 Å². The Bertz CT molecular complexity index is 369. The Morgan fingerprint density at radius 1 is 1.55 bits per heavy atom. The second-order valence-corrected chi connectivity index (χ2v) is 2.80. The summed E-state index contributed by atoms with van der Waals surface area (Å²) in [5.41, 5.74) is 0. The number of hydrogen-bond donors (Lipinski definition) is 0. The maximum absolute atomic E-state index is 4.21. The van der Waals surface area contributed by atoms with E-state index < -0.39 is 0 Å². The lowest BCUT2D eigenvalue weighted by Gasteiger charge is -1.93. The summed E-state index contributed by atoms with van der Waals surface area (Å²) in [5.74, 6) is 0.650. The molecule has 0 spiro atoms. The first-order valence-corrected chi connectivity index (χ1v) is 4.33. The van der Waals surface area contributed by atoms with Crippen LogP contribution in [0.25, 0.3) is 5.78 Å². The van der Waals surface area contributed by atoms with Gasteiger partial charge in [0, 0.05) is 6.20 Å². The van der Waals surface area contributed by atoms with Gasteiger partial charge in [-0.15, -0.1) is 11.8 Å². The Morgan fingerprint density at radius 2 is 2.45 bits per heavy atom. The third-order valence-corrected chi connectivity index (χ3v) is 1.98. The van der Waals surface area contributed by atoms with Gasteiger partial charge in [-0.25, -0.2) is 9.50 Å². The van der Waals surface area contributed by atoms with E-state index in [2.05, 4.69) is 15.1 Å². The molecule has 0 aliphatic heterocycles. The second kappa shape index (κ2) is 2.50. The molecule has 0 N–H and O–H groups in total. The van der Waals surface area contributed by atoms with Crippen LogP contribution in [-0.4, -0.2) is 25.8 Å². The van der Waals surface area contributed by atoms with Crippen molar-refractivity contribution in [2.75, 3.05) is 6.26 Å². The predicted octanol–water partition coefficient (Wildman–Crippen LogP) is 0.846. The fourth-order valence-electron chi connectivity index (χ4n) is 0.813. The van der Waals surface area contributed by atoms with Gasteiger partial charge < -0.3 is 0 Å². The fourth-order valence-corrected chi connectivity index (χ4v) is 1.18. The molecule has 56 valence electrons. The molecule has 11 heavy (non-hydrogen) atoms. The average Bonchev–Trinajstić information content (AvgIpc) is 2.50. The number of fused-ring (bicyclic) bond motifs is 1. The Morgan fingerprint density at radius 3 is 3.27 bits per heavy atom. The molecule has 0 bridgehead atoms. The van der Waals surface area contributed by atoms with Gasteiger partial charge in [0.2, 0.25) is 0 Å². The van der Waals surface area contributed by atoms with Crippen LogP contribution in [0.3, 0.4) is 0 Å². The van der Waals surface area contributed by atoms with Crippen LogP contribution in [0.5, 0.6) is 0 Å². The first-order chi connectivity index (χ1) is 5.40. The number of rotatable bonds is 1. The summed E-state index contributed by atoms with van der Waals surface area (Å²) in [4.78, 5) is 8.16. The molecule has 0 aliphatic carbocycles.